The van der Waals surface area contributed by atoms with Crippen molar-refractivity contribution in [1.29, 1.82) is 0 Å². The minimum atomic E-state index is -0.686. The Morgan fingerprint density at radius 1 is 0.931 bits per heavy atom. The van der Waals surface area contributed by atoms with Crippen LogP contribution in [0, 0.1) is 0 Å². The molecule has 0 spiro atoms. The Bertz CT molecular complexity index is 851. The Kier molecular flexibility index (Phi) is 6.36. The first-order valence-corrected chi connectivity index (χ1v) is 9.73. The molecule has 0 radical (unpaired) electrons. The van der Waals surface area contributed by atoms with Gasteiger partial charge in [-0.1, -0.05) is 17.2 Å². The van der Waals surface area contributed by atoms with Crippen LogP contribution in [0.5, 0.6) is 5.75 Å². The number of azo groups is 1. The summed E-state index contributed by atoms with van der Waals surface area (Å²) < 4.78 is 10.6. The van der Waals surface area contributed by atoms with Gasteiger partial charge in [-0.05, 0) is 57.2 Å². The van der Waals surface area contributed by atoms with Crippen LogP contribution in [-0.4, -0.2) is 45.0 Å². The van der Waals surface area contributed by atoms with Gasteiger partial charge in [0.2, 0.25) is 0 Å². The van der Waals surface area contributed by atoms with E-state index in [0.717, 1.165) is 43.3 Å². The number of anilines is 2. The number of hydrogen-bond acceptors (Lipinski definition) is 6. The van der Waals surface area contributed by atoms with Gasteiger partial charge in [-0.3, -0.25) is 0 Å². The lowest BCUT2D eigenvalue weighted by Gasteiger charge is -2.37. The van der Waals surface area contributed by atoms with Crippen molar-refractivity contribution >= 4 is 23.2 Å². The van der Waals surface area contributed by atoms with E-state index < -0.39 is 11.7 Å². The molecule has 0 unspecified atom stereocenters. The van der Waals surface area contributed by atoms with Gasteiger partial charge in [0.05, 0.1) is 18.5 Å². The van der Waals surface area contributed by atoms with Crippen LogP contribution in [0.3, 0.4) is 0 Å². The van der Waals surface area contributed by atoms with Crippen LogP contribution in [-0.2, 0) is 4.74 Å². The highest BCUT2D eigenvalue weighted by molar-refractivity contribution is 5.68. The fourth-order valence-corrected chi connectivity index (χ4v) is 3.21. The molecule has 0 atom stereocenters. The molecule has 0 bridgehead atoms. The summed E-state index contributed by atoms with van der Waals surface area (Å²) in [5.41, 5.74) is 2.30. The van der Waals surface area contributed by atoms with Gasteiger partial charge in [-0.25, -0.2) is 4.79 Å². The van der Waals surface area contributed by atoms with E-state index in [4.69, 9.17) is 9.47 Å². The summed E-state index contributed by atoms with van der Waals surface area (Å²) in [6.45, 7) is 9.04. The number of amides is 1. The largest absolute Gasteiger partial charge is 0.495 e. The summed E-state index contributed by atoms with van der Waals surface area (Å²) in [6.07, 6.45) is -0.686. The molecule has 1 heterocycles. The highest BCUT2D eigenvalue weighted by Gasteiger charge is 2.20. The monoisotopic (exact) mass is 396 g/mol. The molecule has 3 rings (SSSR count). The molecule has 1 fully saturated rings. The number of methoxy groups -OCH3 is 1. The Morgan fingerprint density at radius 3 is 2.17 bits per heavy atom. The summed E-state index contributed by atoms with van der Waals surface area (Å²) in [4.78, 5) is 16.3. The number of nitrogens with zero attached hydrogens (tertiary/aromatic N) is 4. The fourth-order valence-electron chi connectivity index (χ4n) is 3.21. The fraction of sp³-hybridized carbons (Fsp3) is 0.409. The standard InChI is InChI=1S/C22H28N4O3/c1-22(2,3)29-21(27)24-23-17-9-11-18(12-10-17)25-13-15-26(16-14-25)19-7-5-6-8-20(19)28-4/h5-12H,13-16H2,1-4H3. The zero-order valence-electron chi connectivity index (χ0n) is 17.5. The molecule has 1 aliphatic heterocycles. The quantitative estimate of drug-likeness (QED) is 0.677. The number of rotatable bonds is 4. The number of piperazine rings is 1. The summed E-state index contributed by atoms with van der Waals surface area (Å²) in [5.74, 6) is 0.903. The van der Waals surface area contributed by atoms with Crippen molar-refractivity contribution in [2.45, 2.75) is 26.4 Å². The van der Waals surface area contributed by atoms with Crippen molar-refractivity contribution in [3.05, 3.63) is 48.5 Å². The average molecular weight is 396 g/mol. The molecule has 29 heavy (non-hydrogen) atoms. The lowest BCUT2D eigenvalue weighted by Crippen LogP contribution is -2.46. The van der Waals surface area contributed by atoms with Crippen LogP contribution >= 0.6 is 0 Å². The van der Waals surface area contributed by atoms with E-state index in [1.54, 1.807) is 27.9 Å². The van der Waals surface area contributed by atoms with Gasteiger partial charge in [0.25, 0.3) is 0 Å². The molecule has 154 valence electrons. The molecule has 1 saturated heterocycles. The second-order valence-corrected chi connectivity index (χ2v) is 7.84. The molecule has 0 aliphatic carbocycles. The number of benzene rings is 2. The molecule has 0 N–H and O–H groups in total. The maximum atomic E-state index is 11.6. The second-order valence-electron chi connectivity index (χ2n) is 7.84. The molecule has 7 heteroatoms. The van der Waals surface area contributed by atoms with Gasteiger partial charge in [0.1, 0.15) is 11.4 Å². The van der Waals surface area contributed by atoms with E-state index >= 15 is 0 Å². The van der Waals surface area contributed by atoms with Gasteiger partial charge < -0.3 is 19.3 Å². The van der Waals surface area contributed by atoms with Gasteiger partial charge in [-0.15, -0.1) is 5.11 Å². The third kappa shape index (κ3) is 5.70. The summed E-state index contributed by atoms with van der Waals surface area (Å²) in [5, 5.41) is 7.57. The van der Waals surface area contributed by atoms with Crippen LogP contribution in [0.2, 0.25) is 0 Å². The van der Waals surface area contributed by atoms with E-state index in [0.29, 0.717) is 5.69 Å². The van der Waals surface area contributed by atoms with E-state index in [-0.39, 0.29) is 0 Å². The minimum absolute atomic E-state index is 0.578. The first kappa shape index (κ1) is 20.6. The molecule has 1 amide bonds. The van der Waals surface area contributed by atoms with Gasteiger partial charge >= 0.3 is 6.09 Å². The predicted octanol–water partition coefficient (Wildman–Crippen LogP) is 5.04. The molecular formula is C22H28N4O3. The summed E-state index contributed by atoms with van der Waals surface area (Å²) in [7, 11) is 1.71. The molecule has 7 nitrogen and oxygen atoms in total. The van der Waals surface area contributed by atoms with Gasteiger partial charge in [0.15, 0.2) is 0 Å². The van der Waals surface area contributed by atoms with E-state index in [1.165, 1.54) is 0 Å². The van der Waals surface area contributed by atoms with E-state index in [9.17, 15) is 4.79 Å². The van der Waals surface area contributed by atoms with Crippen molar-refractivity contribution in [3.63, 3.8) is 0 Å². The first-order valence-electron chi connectivity index (χ1n) is 9.73. The minimum Gasteiger partial charge on any atom is -0.495 e. The average Bonchev–Trinajstić information content (AvgIpc) is 2.71. The number of para-hydroxylation sites is 2. The normalized spacial score (nSPS) is 14.9. The highest BCUT2D eigenvalue weighted by Crippen LogP contribution is 2.29. The van der Waals surface area contributed by atoms with Crippen molar-refractivity contribution in [2.75, 3.05) is 43.1 Å². The lowest BCUT2D eigenvalue weighted by molar-refractivity contribution is 0.0592. The highest BCUT2D eigenvalue weighted by atomic mass is 16.6. The molecule has 1 aliphatic rings. The Labute approximate surface area is 171 Å². The van der Waals surface area contributed by atoms with Gasteiger partial charge in [-0.2, -0.15) is 0 Å². The zero-order chi connectivity index (χ0) is 20.9. The van der Waals surface area contributed by atoms with Crippen LogP contribution < -0.4 is 14.5 Å². The van der Waals surface area contributed by atoms with E-state index in [1.807, 2.05) is 42.5 Å². The van der Waals surface area contributed by atoms with E-state index in [2.05, 4.69) is 26.1 Å². The van der Waals surface area contributed by atoms with Crippen LogP contribution in [0.15, 0.2) is 58.8 Å². The zero-order valence-corrected chi connectivity index (χ0v) is 17.5. The Morgan fingerprint density at radius 2 is 1.55 bits per heavy atom. The number of ether oxygens (including phenoxy) is 2. The number of carbonyl (C=O) groups is 1. The Hall–Kier alpha value is -3.09. The van der Waals surface area contributed by atoms with Crippen molar-refractivity contribution in [2.24, 2.45) is 10.2 Å². The maximum absolute atomic E-state index is 11.6. The molecular weight excluding hydrogens is 368 g/mol. The maximum Gasteiger partial charge on any atom is 0.452 e. The third-order valence-electron chi connectivity index (χ3n) is 4.56. The second kappa shape index (κ2) is 8.94. The number of hydrogen-bond donors (Lipinski definition) is 0. The molecule has 2 aromatic rings. The molecule has 0 saturated carbocycles. The Balaban J connectivity index is 1.57. The smallest absolute Gasteiger partial charge is 0.452 e. The third-order valence-corrected chi connectivity index (χ3v) is 4.56. The first-order chi connectivity index (χ1) is 13.9. The summed E-state index contributed by atoms with van der Waals surface area (Å²) in [6, 6.07) is 15.8. The molecule has 0 aromatic heterocycles. The molecule has 2 aromatic carbocycles. The van der Waals surface area contributed by atoms with Crippen LogP contribution in [0.1, 0.15) is 20.8 Å². The van der Waals surface area contributed by atoms with Crippen molar-refractivity contribution in [3.8, 4) is 5.75 Å². The van der Waals surface area contributed by atoms with Gasteiger partial charge in [0, 0.05) is 31.9 Å². The van der Waals surface area contributed by atoms with Crippen LogP contribution in [0.4, 0.5) is 21.9 Å². The lowest BCUT2D eigenvalue weighted by atomic mass is 10.2. The van der Waals surface area contributed by atoms with Crippen molar-refractivity contribution in [1.82, 2.24) is 0 Å². The van der Waals surface area contributed by atoms with Crippen LogP contribution in [0.25, 0.3) is 0 Å². The SMILES string of the molecule is COc1ccccc1N1CCN(c2ccc(N=NC(=O)OC(C)(C)C)cc2)CC1. The topological polar surface area (TPSA) is 66.7 Å². The van der Waals surface area contributed by atoms with Crippen molar-refractivity contribution < 1.29 is 14.3 Å². The predicted molar refractivity (Wildman–Crippen MR) is 115 cm³/mol. The summed E-state index contributed by atoms with van der Waals surface area (Å²) >= 11 is 0. The number of carbonyl (C=O) groups excluding carboxylic acids is 1.